The highest BCUT2D eigenvalue weighted by Gasteiger charge is 2.31. The Morgan fingerprint density at radius 3 is 2.75 bits per heavy atom. The quantitative estimate of drug-likeness (QED) is 0.831. The molecular formula is C9H6ClF3N2O. The van der Waals surface area contributed by atoms with Crippen molar-refractivity contribution in [3.05, 3.63) is 24.0 Å². The van der Waals surface area contributed by atoms with Crippen molar-refractivity contribution in [3.63, 3.8) is 0 Å². The van der Waals surface area contributed by atoms with Gasteiger partial charge in [-0.1, -0.05) is 0 Å². The summed E-state index contributed by atoms with van der Waals surface area (Å²) in [7, 11) is 0. The first-order valence-electron chi connectivity index (χ1n) is 4.27. The van der Waals surface area contributed by atoms with Crippen LogP contribution in [0.2, 0.25) is 0 Å². The molecule has 1 heterocycles. The van der Waals surface area contributed by atoms with E-state index < -0.39 is 6.36 Å². The van der Waals surface area contributed by atoms with E-state index in [0.717, 1.165) is 0 Å². The maximum atomic E-state index is 12.0. The third kappa shape index (κ3) is 2.21. The molecule has 7 heteroatoms. The molecule has 0 fully saturated rings. The maximum Gasteiger partial charge on any atom is 0.573 e. The number of aromatic amines is 1. The number of nitrogens with one attached hydrogen (secondary N) is 1. The molecule has 0 atom stereocenters. The Labute approximate surface area is 93.2 Å². The molecule has 0 saturated carbocycles. The number of imidazole rings is 1. The van der Waals surface area contributed by atoms with Gasteiger partial charge in [-0.2, -0.15) is 0 Å². The number of fused-ring (bicyclic) bond motifs is 1. The standard InChI is InChI=1S/C9H6ClF3N2O/c10-3-5-1-6(16-9(11,12)13)2-7-8(5)15-4-14-7/h1-2,4H,3H2,(H,14,15). The van der Waals surface area contributed by atoms with Crippen LogP contribution in [0.3, 0.4) is 0 Å². The van der Waals surface area contributed by atoms with Gasteiger partial charge in [-0.15, -0.1) is 24.8 Å². The second-order valence-electron chi connectivity index (χ2n) is 3.06. The van der Waals surface area contributed by atoms with E-state index in [9.17, 15) is 13.2 Å². The van der Waals surface area contributed by atoms with Gasteiger partial charge in [0.05, 0.1) is 17.4 Å². The lowest BCUT2D eigenvalue weighted by Crippen LogP contribution is -2.17. The van der Waals surface area contributed by atoms with Gasteiger partial charge in [-0.25, -0.2) is 4.98 Å². The third-order valence-corrected chi connectivity index (χ3v) is 2.24. The Hall–Kier alpha value is -1.43. The molecule has 0 radical (unpaired) electrons. The van der Waals surface area contributed by atoms with E-state index in [1.54, 1.807) is 0 Å². The largest absolute Gasteiger partial charge is 0.573 e. The van der Waals surface area contributed by atoms with E-state index in [1.807, 2.05) is 0 Å². The summed E-state index contributed by atoms with van der Waals surface area (Å²) in [6.45, 7) is 0. The Bertz CT molecular complexity index is 509. The summed E-state index contributed by atoms with van der Waals surface area (Å²) in [4.78, 5) is 6.65. The molecule has 3 nitrogen and oxygen atoms in total. The fourth-order valence-corrected chi connectivity index (χ4v) is 1.59. The van der Waals surface area contributed by atoms with Crippen molar-refractivity contribution in [1.82, 2.24) is 9.97 Å². The number of H-pyrrole nitrogens is 1. The van der Waals surface area contributed by atoms with Gasteiger partial charge in [-0.05, 0) is 11.6 Å². The Morgan fingerprint density at radius 1 is 1.38 bits per heavy atom. The predicted octanol–water partition coefficient (Wildman–Crippen LogP) is 3.20. The van der Waals surface area contributed by atoms with E-state index in [2.05, 4.69) is 14.7 Å². The van der Waals surface area contributed by atoms with Crippen molar-refractivity contribution < 1.29 is 17.9 Å². The number of hydrogen-bond donors (Lipinski definition) is 1. The van der Waals surface area contributed by atoms with Crippen LogP contribution in [-0.4, -0.2) is 16.3 Å². The van der Waals surface area contributed by atoms with Gasteiger partial charge >= 0.3 is 6.36 Å². The predicted molar refractivity (Wildman–Crippen MR) is 52.3 cm³/mol. The summed E-state index contributed by atoms with van der Waals surface area (Å²) < 4.78 is 39.9. The van der Waals surface area contributed by atoms with E-state index in [4.69, 9.17) is 11.6 Å². The average Bonchev–Trinajstić information content (AvgIpc) is 2.61. The molecule has 0 aliphatic heterocycles. The van der Waals surface area contributed by atoms with Crippen molar-refractivity contribution in [2.75, 3.05) is 0 Å². The van der Waals surface area contributed by atoms with E-state index in [-0.39, 0.29) is 11.6 Å². The first-order chi connectivity index (χ1) is 7.49. The van der Waals surface area contributed by atoms with Gasteiger partial charge in [0.25, 0.3) is 0 Å². The van der Waals surface area contributed by atoms with Gasteiger partial charge in [-0.3, -0.25) is 0 Å². The fraction of sp³-hybridized carbons (Fsp3) is 0.222. The average molecular weight is 251 g/mol. The Balaban J connectivity index is 2.47. The fourth-order valence-electron chi connectivity index (χ4n) is 1.39. The van der Waals surface area contributed by atoms with Crippen LogP contribution >= 0.6 is 11.6 Å². The van der Waals surface area contributed by atoms with Crippen LogP contribution in [0.4, 0.5) is 13.2 Å². The van der Waals surface area contributed by atoms with Gasteiger partial charge in [0.15, 0.2) is 0 Å². The molecule has 0 spiro atoms. The first-order valence-corrected chi connectivity index (χ1v) is 4.81. The van der Waals surface area contributed by atoms with Crippen LogP contribution in [0.1, 0.15) is 5.56 Å². The van der Waals surface area contributed by atoms with Crippen LogP contribution in [0, 0.1) is 0 Å². The molecule has 1 aromatic carbocycles. The summed E-state index contributed by atoms with van der Waals surface area (Å²) in [6, 6.07) is 2.45. The second-order valence-corrected chi connectivity index (χ2v) is 3.33. The molecule has 0 saturated heterocycles. The van der Waals surface area contributed by atoms with Crippen molar-refractivity contribution in [2.24, 2.45) is 0 Å². The highest BCUT2D eigenvalue weighted by Crippen LogP contribution is 2.28. The molecule has 0 unspecified atom stereocenters. The molecule has 0 aliphatic carbocycles. The second kappa shape index (κ2) is 3.86. The minimum atomic E-state index is -4.71. The number of halogens is 4. The van der Waals surface area contributed by atoms with E-state index in [0.29, 0.717) is 16.6 Å². The van der Waals surface area contributed by atoms with Crippen LogP contribution in [0.15, 0.2) is 18.5 Å². The topological polar surface area (TPSA) is 37.9 Å². The molecular weight excluding hydrogens is 245 g/mol. The molecule has 16 heavy (non-hydrogen) atoms. The highest BCUT2D eigenvalue weighted by molar-refractivity contribution is 6.17. The smallest absolute Gasteiger partial charge is 0.406 e. The maximum absolute atomic E-state index is 12.0. The zero-order chi connectivity index (χ0) is 11.8. The lowest BCUT2D eigenvalue weighted by Gasteiger charge is -2.09. The summed E-state index contributed by atoms with van der Waals surface area (Å²) in [5.41, 5.74) is 1.49. The molecule has 2 aromatic rings. The first kappa shape index (κ1) is 11.1. The van der Waals surface area contributed by atoms with E-state index >= 15 is 0 Å². The van der Waals surface area contributed by atoms with Crippen molar-refractivity contribution >= 4 is 22.6 Å². The summed E-state index contributed by atoms with van der Waals surface area (Å²) in [5.74, 6) is -0.240. The van der Waals surface area contributed by atoms with Crippen molar-refractivity contribution in [3.8, 4) is 5.75 Å². The van der Waals surface area contributed by atoms with Gasteiger partial charge in [0.2, 0.25) is 0 Å². The van der Waals surface area contributed by atoms with Crippen LogP contribution in [0.5, 0.6) is 5.75 Å². The molecule has 1 N–H and O–H groups in total. The third-order valence-electron chi connectivity index (χ3n) is 1.95. The number of benzene rings is 1. The molecule has 2 rings (SSSR count). The minimum Gasteiger partial charge on any atom is -0.406 e. The normalized spacial score (nSPS) is 12.0. The summed E-state index contributed by atoms with van der Waals surface area (Å²) >= 11 is 5.62. The number of hydrogen-bond acceptors (Lipinski definition) is 2. The molecule has 0 amide bonds. The highest BCUT2D eigenvalue weighted by atomic mass is 35.5. The van der Waals surface area contributed by atoms with Crippen molar-refractivity contribution in [1.29, 1.82) is 0 Å². The lowest BCUT2D eigenvalue weighted by atomic mass is 10.2. The number of ether oxygens (including phenoxy) is 1. The SMILES string of the molecule is FC(F)(F)Oc1cc(CCl)c2nc[nH]c2c1. The zero-order valence-corrected chi connectivity index (χ0v) is 8.56. The monoisotopic (exact) mass is 250 g/mol. The number of rotatable bonds is 2. The minimum absolute atomic E-state index is 0.0659. The summed E-state index contributed by atoms with van der Waals surface area (Å²) in [5, 5.41) is 0. The number of alkyl halides is 4. The molecule has 1 aromatic heterocycles. The molecule has 0 bridgehead atoms. The van der Waals surface area contributed by atoms with Crippen LogP contribution in [-0.2, 0) is 5.88 Å². The summed E-state index contributed by atoms with van der Waals surface area (Å²) in [6.07, 6.45) is -3.32. The van der Waals surface area contributed by atoms with Crippen molar-refractivity contribution in [2.45, 2.75) is 12.2 Å². The van der Waals surface area contributed by atoms with E-state index in [1.165, 1.54) is 18.5 Å². The molecule has 86 valence electrons. The van der Waals surface area contributed by atoms with Crippen LogP contribution in [0.25, 0.3) is 11.0 Å². The lowest BCUT2D eigenvalue weighted by molar-refractivity contribution is -0.274. The Morgan fingerprint density at radius 2 is 2.12 bits per heavy atom. The van der Waals surface area contributed by atoms with Gasteiger partial charge in [0, 0.05) is 11.9 Å². The number of nitrogens with zero attached hydrogens (tertiary/aromatic N) is 1. The van der Waals surface area contributed by atoms with Crippen LogP contribution < -0.4 is 4.74 Å². The molecule has 0 aliphatic rings. The van der Waals surface area contributed by atoms with Gasteiger partial charge < -0.3 is 9.72 Å². The van der Waals surface area contributed by atoms with Gasteiger partial charge in [0.1, 0.15) is 5.75 Å². The zero-order valence-electron chi connectivity index (χ0n) is 7.81. The number of aromatic nitrogens is 2. The Kier molecular flexibility index (Phi) is 2.67.